The third kappa shape index (κ3) is 4.17. The second-order valence-electron chi connectivity index (χ2n) is 12.7. The molecule has 216 valence electrons. The summed E-state index contributed by atoms with van der Waals surface area (Å²) in [6.45, 7) is 7.68. The van der Waals surface area contributed by atoms with E-state index in [0.717, 1.165) is 16.9 Å². The highest BCUT2D eigenvalue weighted by Crippen LogP contribution is 2.71. The third-order valence-corrected chi connectivity index (χ3v) is 11.7. The quantitative estimate of drug-likeness (QED) is 0.287. The number of ketones is 2. The molecular weight excluding hydrogens is 527 g/mol. The minimum absolute atomic E-state index is 0.00244. The van der Waals surface area contributed by atoms with E-state index >= 15 is 4.39 Å². The van der Waals surface area contributed by atoms with Crippen molar-refractivity contribution in [3.05, 3.63) is 54.1 Å². The van der Waals surface area contributed by atoms with Crippen LogP contribution in [0.1, 0.15) is 72.6 Å². The molecule has 3 fully saturated rings. The number of hydrogen-bond donors (Lipinski definition) is 1. The van der Waals surface area contributed by atoms with Crippen molar-refractivity contribution < 1.29 is 28.6 Å². The van der Waals surface area contributed by atoms with Gasteiger partial charge in [0.2, 0.25) is 0 Å². The molecular formula is C33H41FO5S. The molecule has 3 saturated carbocycles. The number of fused-ring (bicyclic) bond motifs is 5. The molecule has 8 atom stereocenters. The van der Waals surface area contributed by atoms with Crippen molar-refractivity contribution in [1.29, 1.82) is 0 Å². The van der Waals surface area contributed by atoms with Crippen LogP contribution in [0.25, 0.3) is 0 Å². The van der Waals surface area contributed by atoms with Gasteiger partial charge in [-0.25, -0.2) is 4.39 Å². The van der Waals surface area contributed by atoms with Crippen LogP contribution in [0.2, 0.25) is 0 Å². The van der Waals surface area contributed by atoms with Gasteiger partial charge in [0.15, 0.2) is 22.8 Å². The smallest absolute Gasteiger partial charge is 0.306 e. The SMILES string of the molecule is CCCCC(=O)O[C@]1(C(=O)CSc2ccccc2)[C@@H](C)C[C@H]2[C@@H]3CCC4=CC(=O)C=C[C@]4(C)[C@@]3(F)[C@@H](O)C[C@@]21C. The zero-order chi connectivity index (χ0) is 28.9. The Morgan fingerprint density at radius 1 is 1.18 bits per heavy atom. The molecule has 40 heavy (non-hydrogen) atoms. The van der Waals surface area contributed by atoms with E-state index in [1.807, 2.05) is 51.1 Å². The summed E-state index contributed by atoms with van der Waals surface area (Å²) >= 11 is 1.41. The number of aliphatic hydroxyl groups is 1. The summed E-state index contributed by atoms with van der Waals surface area (Å²) < 4.78 is 23.9. The predicted octanol–water partition coefficient (Wildman–Crippen LogP) is 6.44. The molecule has 1 N–H and O–H groups in total. The average Bonchev–Trinajstić information content (AvgIpc) is 3.14. The summed E-state index contributed by atoms with van der Waals surface area (Å²) in [6.07, 6.45) is 6.44. The number of halogens is 1. The fraction of sp³-hybridized carbons (Fsp3) is 0.606. The molecule has 5 rings (SSSR count). The molecule has 0 aromatic heterocycles. The Balaban J connectivity index is 1.55. The van der Waals surface area contributed by atoms with Crippen LogP contribution in [0, 0.1) is 28.6 Å². The molecule has 1 aromatic rings. The van der Waals surface area contributed by atoms with Crippen molar-refractivity contribution in [2.24, 2.45) is 28.6 Å². The Morgan fingerprint density at radius 3 is 2.60 bits per heavy atom. The summed E-state index contributed by atoms with van der Waals surface area (Å²) in [5.41, 5.74) is -4.78. The third-order valence-electron chi connectivity index (χ3n) is 10.7. The van der Waals surface area contributed by atoms with Gasteiger partial charge in [0.05, 0.1) is 11.9 Å². The summed E-state index contributed by atoms with van der Waals surface area (Å²) in [6, 6.07) is 9.64. The number of aliphatic hydroxyl groups excluding tert-OH is 1. The molecule has 0 amide bonds. The highest BCUT2D eigenvalue weighted by Gasteiger charge is 2.77. The number of Topliss-reactive ketones (excluding diaryl/α,β-unsaturated/α-hetero) is 1. The number of thioether (sulfide) groups is 1. The standard InChI is InChI=1S/C33H41FO5S/c1-5-6-12-29(38)39-33(28(37)20-40-24-10-8-7-9-11-24)21(2)17-26-25-14-13-22-18-23(35)15-16-30(22,3)32(25,34)27(36)19-31(26,33)4/h7-11,15-16,18,21,25-27,36H,5-6,12-14,17,19-20H2,1-4H3/t21-,25-,26-,27-,30-,31-,32-,33-/m0/s1. The first-order valence-electron chi connectivity index (χ1n) is 14.7. The van der Waals surface area contributed by atoms with Crippen LogP contribution in [0.3, 0.4) is 0 Å². The van der Waals surface area contributed by atoms with E-state index in [9.17, 15) is 19.5 Å². The molecule has 1 aromatic carbocycles. The maximum atomic E-state index is 17.6. The first-order valence-corrected chi connectivity index (χ1v) is 15.7. The molecule has 7 heteroatoms. The van der Waals surface area contributed by atoms with Gasteiger partial charge < -0.3 is 9.84 Å². The van der Waals surface area contributed by atoms with Gasteiger partial charge in [-0.2, -0.15) is 0 Å². The number of allylic oxidation sites excluding steroid dienone is 4. The predicted molar refractivity (Wildman–Crippen MR) is 153 cm³/mol. The highest BCUT2D eigenvalue weighted by molar-refractivity contribution is 8.00. The van der Waals surface area contributed by atoms with Crippen LogP contribution >= 0.6 is 11.8 Å². The topological polar surface area (TPSA) is 80.7 Å². The molecule has 0 spiro atoms. The number of carbonyl (C=O) groups is 3. The van der Waals surface area contributed by atoms with Crippen LogP contribution < -0.4 is 0 Å². The van der Waals surface area contributed by atoms with Gasteiger partial charge in [0, 0.05) is 34.0 Å². The van der Waals surface area contributed by atoms with Gasteiger partial charge in [0.25, 0.3) is 0 Å². The maximum Gasteiger partial charge on any atom is 0.306 e. The van der Waals surface area contributed by atoms with Crippen molar-refractivity contribution in [1.82, 2.24) is 0 Å². The van der Waals surface area contributed by atoms with E-state index in [-0.39, 0.29) is 42.0 Å². The number of carbonyl (C=O) groups excluding carboxylic acids is 3. The van der Waals surface area contributed by atoms with Crippen molar-refractivity contribution in [3.8, 4) is 0 Å². The number of hydrogen-bond acceptors (Lipinski definition) is 6. The summed E-state index contributed by atoms with van der Waals surface area (Å²) in [7, 11) is 0. The molecule has 0 heterocycles. The van der Waals surface area contributed by atoms with Gasteiger partial charge in [-0.1, -0.05) is 57.0 Å². The van der Waals surface area contributed by atoms with Gasteiger partial charge in [-0.15, -0.1) is 11.8 Å². The second kappa shape index (κ2) is 10.5. The Morgan fingerprint density at radius 2 is 1.90 bits per heavy atom. The van der Waals surface area contributed by atoms with Gasteiger partial charge in [-0.05, 0) is 69.2 Å². The van der Waals surface area contributed by atoms with Gasteiger partial charge in [-0.3, -0.25) is 14.4 Å². The fourth-order valence-corrected chi connectivity index (χ4v) is 9.59. The molecule has 0 aliphatic heterocycles. The zero-order valence-electron chi connectivity index (χ0n) is 24.0. The van der Waals surface area contributed by atoms with E-state index in [4.69, 9.17) is 4.74 Å². The number of esters is 1. The number of unbranched alkanes of at least 4 members (excludes halogenated alkanes) is 1. The molecule has 4 aliphatic carbocycles. The van der Waals surface area contributed by atoms with Crippen LogP contribution in [0.5, 0.6) is 0 Å². The average molecular weight is 569 g/mol. The molecule has 4 aliphatic rings. The minimum atomic E-state index is -2.00. The molecule has 0 bridgehead atoms. The molecule has 0 unspecified atom stereocenters. The van der Waals surface area contributed by atoms with E-state index in [0.29, 0.717) is 25.7 Å². The van der Waals surface area contributed by atoms with Crippen LogP contribution in [-0.4, -0.2) is 45.8 Å². The lowest BCUT2D eigenvalue weighted by Crippen LogP contribution is -2.70. The number of benzene rings is 1. The monoisotopic (exact) mass is 568 g/mol. The van der Waals surface area contributed by atoms with Crippen molar-refractivity contribution in [3.63, 3.8) is 0 Å². The lowest BCUT2D eigenvalue weighted by atomic mass is 9.44. The normalized spacial score (nSPS) is 40.0. The Labute approximate surface area is 241 Å². The fourth-order valence-electron chi connectivity index (χ4n) is 8.72. The number of ether oxygens (including phenoxy) is 1. The summed E-state index contributed by atoms with van der Waals surface area (Å²) in [4.78, 5) is 40.7. The van der Waals surface area contributed by atoms with Crippen molar-refractivity contribution >= 4 is 29.3 Å². The van der Waals surface area contributed by atoms with E-state index < -0.39 is 40.1 Å². The zero-order valence-corrected chi connectivity index (χ0v) is 24.8. The Bertz CT molecular complexity index is 1240. The highest BCUT2D eigenvalue weighted by atomic mass is 32.2. The van der Waals surface area contributed by atoms with Crippen molar-refractivity contribution in [2.75, 3.05) is 5.75 Å². The first-order chi connectivity index (χ1) is 18.9. The lowest BCUT2D eigenvalue weighted by Gasteiger charge is -2.62. The largest absolute Gasteiger partial charge is 0.450 e. The summed E-state index contributed by atoms with van der Waals surface area (Å²) in [5.74, 6) is -1.77. The van der Waals surface area contributed by atoms with Gasteiger partial charge in [0.1, 0.15) is 0 Å². The van der Waals surface area contributed by atoms with E-state index in [1.165, 1.54) is 23.9 Å². The minimum Gasteiger partial charge on any atom is -0.450 e. The van der Waals surface area contributed by atoms with Crippen LogP contribution in [0.4, 0.5) is 4.39 Å². The number of rotatable bonds is 8. The van der Waals surface area contributed by atoms with E-state index in [1.54, 1.807) is 13.0 Å². The molecule has 0 saturated heterocycles. The maximum absolute atomic E-state index is 17.6. The Kier molecular flexibility index (Phi) is 7.71. The van der Waals surface area contributed by atoms with Gasteiger partial charge >= 0.3 is 5.97 Å². The summed E-state index contributed by atoms with van der Waals surface area (Å²) in [5, 5.41) is 11.8. The molecule has 5 nitrogen and oxygen atoms in total. The lowest BCUT2D eigenvalue weighted by molar-refractivity contribution is -0.227. The number of alkyl halides is 1. The molecule has 0 radical (unpaired) electrons. The van der Waals surface area contributed by atoms with Crippen LogP contribution in [-0.2, 0) is 19.1 Å². The second-order valence-corrected chi connectivity index (χ2v) is 13.8. The van der Waals surface area contributed by atoms with Crippen LogP contribution in [0.15, 0.2) is 59.0 Å². The first kappa shape index (κ1) is 29.2. The van der Waals surface area contributed by atoms with Crippen molar-refractivity contribution in [2.45, 2.75) is 94.9 Å². The Hall–Kier alpha value is -2.25. The van der Waals surface area contributed by atoms with E-state index in [2.05, 4.69) is 0 Å².